The largest absolute Gasteiger partial charge is 0.239 e. The molecule has 24 heavy (non-hydrogen) atoms. The fourth-order valence-corrected chi connectivity index (χ4v) is 3.80. The molecule has 0 bridgehead atoms. The summed E-state index contributed by atoms with van der Waals surface area (Å²) < 4.78 is 39.7. The molecular weight excluding hydrogens is 331 g/mol. The predicted molar refractivity (Wildman–Crippen MR) is 86.6 cm³/mol. The van der Waals surface area contributed by atoms with E-state index in [0.717, 1.165) is 4.31 Å². The van der Waals surface area contributed by atoms with Crippen molar-refractivity contribution in [1.82, 2.24) is 14.3 Å². The number of hydrogen-bond acceptors (Lipinski definition) is 5. The van der Waals surface area contributed by atoms with Crippen molar-refractivity contribution in [2.45, 2.75) is 24.6 Å². The first-order chi connectivity index (χ1) is 11.4. The molecule has 2 aromatic rings. The second-order valence-electron chi connectivity index (χ2n) is 5.15. The Labute approximate surface area is 140 Å². The molecule has 0 N–H and O–H groups in total. The molecule has 0 fully saturated rings. The van der Waals surface area contributed by atoms with Gasteiger partial charge in [-0.05, 0) is 30.2 Å². The summed E-state index contributed by atoms with van der Waals surface area (Å²) in [6, 6.07) is 8.03. The standard InChI is InChI=1S/C16H17FN4O2S/c1-3-14(11-18)24(22,23)21(2)15(16-19-9-4-10-20-16)12-5-7-13(17)8-6-12/h4-10,14-15H,3H2,1-2H3/t14-,15+/m0/s1. The van der Waals surface area contributed by atoms with Crippen molar-refractivity contribution in [1.29, 1.82) is 5.26 Å². The topological polar surface area (TPSA) is 87.0 Å². The van der Waals surface area contributed by atoms with E-state index in [1.165, 1.54) is 43.7 Å². The number of nitrogens with zero attached hydrogens (tertiary/aromatic N) is 4. The van der Waals surface area contributed by atoms with Crippen LogP contribution in [0.25, 0.3) is 0 Å². The Morgan fingerprint density at radius 2 is 1.83 bits per heavy atom. The van der Waals surface area contributed by atoms with E-state index in [1.54, 1.807) is 13.0 Å². The van der Waals surface area contributed by atoms with Crippen LogP contribution in [0.2, 0.25) is 0 Å². The van der Waals surface area contributed by atoms with Gasteiger partial charge >= 0.3 is 0 Å². The zero-order valence-corrected chi connectivity index (χ0v) is 14.1. The minimum atomic E-state index is -3.91. The van der Waals surface area contributed by atoms with Gasteiger partial charge in [-0.3, -0.25) is 0 Å². The average molecular weight is 348 g/mol. The lowest BCUT2D eigenvalue weighted by molar-refractivity contribution is 0.400. The number of nitriles is 1. The number of benzene rings is 1. The molecule has 0 unspecified atom stereocenters. The van der Waals surface area contributed by atoms with E-state index < -0.39 is 27.1 Å². The third kappa shape index (κ3) is 3.58. The van der Waals surface area contributed by atoms with Gasteiger partial charge in [-0.2, -0.15) is 9.57 Å². The van der Waals surface area contributed by atoms with Gasteiger partial charge < -0.3 is 0 Å². The van der Waals surface area contributed by atoms with Crippen molar-refractivity contribution in [3.05, 3.63) is 59.9 Å². The minimum Gasteiger partial charge on any atom is -0.239 e. The summed E-state index contributed by atoms with van der Waals surface area (Å²) in [7, 11) is -2.53. The normalized spacial score (nSPS) is 14.1. The molecule has 0 saturated heterocycles. The quantitative estimate of drug-likeness (QED) is 0.799. The average Bonchev–Trinajstić information content (AvgIpc) is 2.58. The Morgan fingerprint density at radius 1 is 1.25 bits per heavy atom. The maximum absolute atomic E-state index is 13.2. The second kappa shape index (κ2) is 7.47. The van der Waals surface area contributed by atoms with Crippen LogP contribution < -0.4 is 0 Å². The van der Waals surface area contributed by atoms with Gasteiger partial charge in [0.05, 0.1) is 6.07 Å². The lowest BCUT2D eigenvalue weighted by Gasteiger charge is -2.28. The van der Waals surface area contributed by atoms with E-state index in [9.17, 15) is 12.8 Å². The molecule has 8 heteroatoms. The zero-order valence-electron chi connectivity index (χ0n) is 13.3. The molecule has 0 amide bonds. The Hall–Kier alpha value is -2.37. The van der Waals surface area contributed by atoms with E-state index in [-0.39, 0.29) is 12.2 Å². The summed E-state index contributed by atoms with van der Waals surface area (Å²) >= 11 is 0. The Morgan fingerprint density at radius 3 is 2.33 bits per heavy atom. The summed E-state index contributed by atoms with van der Waals surface area (Å²) in [4.78, 5) is 8.26. The zero-order chi connectivity index (χ0) is 17.7. The summed E-state index contributed by atoms with van der Waals surface area (Å²) in [5.74, 6) is -0.177. The molecule has 0 aliphatic carbocycles. The molecule has 1 aromatic heterocycles. The molecule has 0 aliphatic heterocycles. The van der Waals surface area contributed by atoms with Crippen molar-refractivity contribution >= 4 is 10.0 Å². The molecule has 2 rings (SSSR count). The predicted octanol–water partition coefficient (Wildman–Crippen LogP) is 2.27. The Bertz CT molecular complexity index is 819. The summed E-state index contributed by atoms with van der Waals surface area (Å²) in [5.41, 5.74) is 0.515. The van der Waals surface area contributed by atoms with Crippen molar-refractivity contribution in [2.24, 2.45) is 0 Å². The minimum absolute atomic E-state index is 0.162. The van der Waals surface area contributed by atoms with E-state index in [4.69, 9.17) is 5.26 Å². The van der Waals surface area contributed by atoms with Gasteiger partial charge in [-0.25, -0.2) is 22.8 Å². The molecule has 126 valence electrons. The summed E-state index contributed by atoms with van der Waals surface area (Å²) in [6.45, 7) is 1.63. The number of aromatic nitrogens is 2. The monoisotopic (exact) mass is 348 g/mol. The van der Waals surface area contributed by atoms with Gasteiger partial charge in [0.25, 0.3) is 0 Å². The number of sulfonamides is 1. The fraction of sp³-hybridized carbons (Fsp3) is 0.312. The second-order valence-corrected chi connectivity index (χ2v) is 7.32. The third-order valence-corrected chi connectivity index (χ3v) is 5.83. The Balaban J connectivity index is 2.55. The highest BCUT2D eigenvalue weighted by Gasteiger charge is 2.36. The highest BCUT2D eigenvalue weighted by molar-refractivity contribution is 7.90. The lowest BCUT2D eigenvalue weighted by atomic mass is 10.1. The first-order valence-corrected chi connectivity index (χ1v) is 8.81. The van der Waals surface area contributed by atoms with Crippen molar-refractivity contribution in [3.8, 4) is 6.07 Å². The highest BCUT2D eigenvalue weighted by atomic mass is 32.2. The van der Waals surface area contributed by atoms with Crippen molar-refractivity contribution < 1.29 is 12.8 Å². The molecule has 0 aliphatic rings. The van der Waals surface area contributed by atoms with Gasteiger partial charge in [0.1, 0.15) is 11.9 Å². The molecule has 0 spiro atoms. The molecular formula is C16H17FN4O2S. The van der Waals surface area contributed by atoms with E-state index in [2.05, 4.69) is 9.97 Å². The SMILES string of the molecule is CC[C@@H](C#N)S(=O)(=O)N(C)[C@H](c1ccc(F)cc1)c1ncccn1. The van der Waals surface area contributed by atoms with Crippen LogP contribution in [0.5, 0.6) is 0 Å². The maximum atomic E-state index is 13.2. The molecule has 0 radical (unpaired) electrons. The molecule has 6 nitrogen and oxygen atoms in total. The smallest absolute Gasteiger partial charge is 0.231 e. The molecule has 2 atom stereocenters. The maximum Gasteiger partial charge on any atom is 0.231 e. The molecule has 1 heterocycles. The molecule has 0 saturated carbocycles. The van der Waals surface area contributed by atoms with Crippen LogP contribution in [0.3, 0.4) is 0 Å². The number of halogens is 1. The highest BCUT2D eigenvalue weighted by Crippen LogP contribution is 2.29. The first-order valence-electron chi connectivity index (χ1n) is 7.30. The van der Waals surface area contributed by atoms with Crippen LogP contribution >= 0.6 is 0 Å². The van der Waals surface area contributed by atoms with E-state index >= 15 is 0 Å². The van der Waals surface area contributed by atoms with Gasteiger partial charge in [-0.1, -0.05) is 19.1 Å². The van der Waals surface area contributed by atoms with Crippen LogP contribution in [0.1, 0.15) is 30.8 Å². The van der Waals surface area contributed by atoms with Gasteiger partial charge in [-0.15, -0.1) is 0 Å². The van der Waals surface area contributed by atoms with Crippen LogP contribution in [0, 0.1) is 17.1 Å². The van der Waals surface area contributed by atoms with Crippen LogP contribution in [0.4, 0.5) is 4.39 Å². The summed E-state index contributed by atoms with van der Waals surface area (Å²) in [6.07, 6.45) is 3.16. The summed E-state index contributed by atoms with van der Waals surface area (Å²) in [5, 5.41) is 7.96. The van der Waals surface area contributed by atoms with E-state index in [0.29, 0.717) is 5.56 Å². The van der Waals surface area contributed by atoms with E-state index in [1.807, 2.05) is 6.07 Å². The van der Waals surface area contributed by atoms with Crippen LogP contribution in [0.15, 0.2) is 42.7 Å². The van der Waals surface area contributed by atoms with Crippen molar-refractivity contribution in [2.75, 3.05) is 7.05 Å². The van der Waals surface area contributed by atoms with Gasteiger partial charge in [0, 0.05) is 19.4 Å². The van der Waals surface area contributed by atoms with Crippen molar-refractivity contribution in [3.63, 3.8) is 0 Å². The number of hydrogen-bond donors (Lipinski definition) is 0. The van der Waals surface area contributed by atoms with Gasteiger partial charge in [0.15, 0.2) is 11.1 Å². The lowest BCUT2D eigenvalue weighted by Crippen LogP contribution is -2.39. The van der Waals surface area contributed by atoms with Crippen LogP contribution in [-0.2, 0) is 10.0 Å². The first kappa shape index (κ1) is 18.0. The Kier molecular flexibility index (Phi) is 5.59. The van der Waals surface area contributed by atoms with Crippen LogP contribution in [-0.4, -0.2) is 35.0 Å². The molecule has 1 aromatic carbocycles. The third-order valence-electron chi connectivity index (χ3n) is 3.66. The number of rotatable bonds is 6. The fourth-order valence-electron chi connectivity index (χ4n) is 2.33. The van der Waals surface area contributed by atoms with Gasteiger partial charge in [0.2, 0.25) is 10.0 Å².